The van der Waals surface area contributed by atoms with Gasteiger partial charge in [0.2, 0.25) is 0 Å². The van der Waals surface area contributed by atoms with Crippen LogP contribution in [0.4, 0.5) is 0 Å². The number of hydrogen-bond donors (Lipinski definition) is 2. The molecule has 18 heavy (non-hydrogen) atoms. The minimum atomic E-state index is -1.21. The Morgan fingerprint density at radius 2 is 2.22 bits per heavy atom. The van der Waals surface area contributed by atoms with Crippen molar-refractivity contribution in [2.45, 2.75) is 18.9 Å². The number of aliphatic hydroxyl groups is 1. The molecule has 0 saturated carbocycles. The topological polar surface area (TPSA) is 75.6 Å². The Kier molecular flexibility index (Phi) is 3.34. The molecule has 2 rings (SSSR count). The third-order valence-electron chi connectivity index (χ3n) is 2.96. The lowest BCUT2D eigenvalue weighted by atomic mass is 9.89. The molecule has 0 aliphatic carbocycles. The zero-order valence-electron chi connectivity index (χ0n) is 10.1. The van der Waals surface area contributed by atoms with Gasteiger partial charge in [-0.2, -0.15) is 0 Å². The molecule has 5 heteroatoms. The molecule has 1 heterocycles. The summed E-state index contributed by atoms with van der Waals surface area (Å²) in [6, 6.07) is 7.08. The molecule has 1 atom stereocenters. The van der Waals surface area contributed by atoms with Crippen molar-refractivity contribution in [1.29, 1.82) is 0 Å². The van der Waals surface area contributed by atoms with E-state index in [-0.39, 0.29) is 19.1 Å². The standard InChI is InChI=1S/C13H15NO4/c1-13(12(17)14-6-7-15)8-9-4-2-3-5-10(9)11(16)18-13/h2-5,15H,6-8H2,1H3,(H,14,17). The van der Waals surface area contributed by atoms with E-state index >= 15 is 0 Å². The van der Waals surface area contributed by atoms with Crippen molar-refractivity contribution in [3.63, 3.8) is 0 Å². The van der Waals surface area contributed by atoms with Crippen LogP contribution in [0.3, 0.4) is 0 Å². The number of hydrogen-bond acceptors (Lipinski definition) is 4. The lowest BCUT2D eigenvalue weighted by Gasteiger charge is -2.32. The highest BCUT2D eigenvalue weighted by Gasteiger charge is 2.42. The van der Waals surface area contributed by atoms with Gasteiger partial charge in [0.25, 0.3) is 5.91 Å². The zero-order valence-corrected chi connectivity index (χ0v) is 10.1. The molecule has 0 saturated heterocycles. The van der Waals surface area contributed by atoms with Crippen molar-refractivity contribution < 1.29 is 19.4 Å². The summed E-state index contributed by atoms with van der Waals surface area (Å²) < 4.78 is 5.23. The Morgan fingerprint density at radius 1 is 1.50 bits per heavy atom. The van der Waals surface area contributed by atoms with Crippen molar-refractivity contribution in [2.75, 3.05) is 13.2 Å². The fourth-order valence-electron chi connectivity index (χ4n) is 2.02. The smallest absolute Gasteiger partial charge is 0.339 e. The summed E-state index contributed by atoms with van der Waals surface area (Å²) in [5, 5.41) is 11.2. The van der Waals surface area contributed by atoms with Crippen LogP contribution in [0.1, 0.15) is 22.8 Å². The Labute approximate surface area is 105 Å². The van der Waals surface area contributed by atoms with Gasteiger partial charge >= 0.3 is 5.97 Å². The van der Waals surface area contributed by atoms with E-state index in [1.54, 1.807) is 19.1 Å². The molecule has 1 aromatic carbocycles. The number of carbonyl (C=O) groups excluding carboxylic acids is 2. The molecular weight excluding hydrogens is 234 g/mol. The minimum absolute atomic E-state index is 0.146. The number of amides is 1. The normalized spacial score (nSPS) is 22.0. The molecule has 1 unspecified atom stereocenters. The van der Waals surface area contributed by atoms with Gasteiger partial charge in [0.15, 0.2) is 5.60 Å². The molecule has 1 amide bonds. The largest absolute Gasteiger partial charge is 0.445 e. The van der Waals surface area contributed by atoms with Crippen molar-refractivity contribution in [2.24, 2.45) is 0 Å². The SMILES string of the molecule is CC1(C(=O)NCCO)Cc2ccccc2C(=O)O1. The van der Waals surface area contributed by atoms with E-state index in [1.807, 2.05) is 12.1 Å². The van der Waals surface area contributed by atoms with E-state index in [1.165, 1.54) is 0 Å². The number of benzene rings is 1. The van der Waals surface area contributed by atoms with E-state index < -0.39 is 11.6 Å². The predicted molar refractivity (Wildman–Crippen MR) is 64.1 cm³/mol. The van der Waals surface area contributed by atoms with E-state index in [9.17, 15) is 9.59 Å². The number of rotatable bonds is 3. The summed E-state index contributed by atoms with van der Waals surface area (Å²) in [7, 11) is 0. The third-order valence-corrected chi connectivity index (χ3v) is 2.96. The average Bonchev–Trinajstić information content (AvgIpc) is 2.35. The minimum Gasteiger partial charge on any atom is -0.445 e. The summed E-state index contributed by atoms with van der Waals surface area (Å²) in [4.78, 5) is 23.8. The number of cyclic esters (lactones) is 1. The van der Waals surface area contributed by atoms with Gasteiger partial charge in [0.05, 0.1) is 12.2 Å². The second-order valence-corrected chi connectivity index (χ2v) is 4.43. The number of aliphatic hydroxyl groups excluding tert-OH is 1. The Balaban J connectivity index is 2.24. The average molecular weight is 249 g/mol. The summed E-state index contributed by atoms with van der Waals surface area (Å²) in [6.45, 7) is 1.58. The lowest BCUT2D eigenvalue weighted by molar-refractivity contribution is -0.139. The molecule has 5 nitrogen and oxygen atoms in total. The number of esters is 1. The van der Waals surface area contributed by atoms with Crippen molar-refractivity contribution in [3.05, 3.63) is 35.4 Å². The first-order valence-corrected chi connectivity index (χ1v) is 5.77. The number of ether oxygens (including phenoxy) is 1. The maximum Gasteiger partial charge on any atom is 0.339 e. The molecule has 0 fully saturated rings. The van der Waals surface area contributed by atoms with Gasteiger partial charge < -0.3 is 15.2 Å². The predicted octanol–water partition coefficient (Wildman–Crippen LogP) is 0.267. The quantitative estimate of drug-likeness (QED) is 0.754. The van der Waals surface area contributed by atoms with Gasteiger partial charge in [-0.3, -0.25) is 4.79 Å². The second-order valence-electron chi connectivity index (χ2n) is 4.43. The molecule has 1 aromatic rings. The molecule has 1 aliphatic heterocycles. The van der Waals surface area contributed by atoms with Crippen LogP contribution in [0.5, 0.6) is 0 Å². The van der Waals surface area contributed by atoms with Crippen LogP contribution in [0.15, 0.2) is 24.3 Å². The first-order chi connectivity index (χ1) is 8.57. The fraction of sp³-hybridized carbons (Fsp3) is 0.385. The highest BCUT2D eigenvalue weighted by atomic mass is 16.6. The molecule has 0 aromatic heterocycles. The van der Waals surface area contributed by atoms with E-state index in [0.29, 0.717) is 12.0 Å². The monoisotopic (exact) mass is 249 g/mol. The van der Waals surface area contributed by atoms with Gasteiger partial charge in [-0.25, -0.2) is 4.79 Å². The van der Waals surface area contributed by atoms with E-state index in [0.717, 1.165) is 5.56 Å². The van der Waals surface area contributed by atoms with Gasteiger partial charge in [0.1, 0.15) is 0 Å². The summed E-state index contributed by atoms with van der Waals surface area (Å²) in [5.41, 5.74) is 0.0981. The number of fused-ring (bicyclic) bond motifs is 1. The van der Waals surface area contributed by atoms with Crippen LogP contribution in [0, 0.1) is 0 Å². The number of nitrogens with one attached hydrogen (secondary N) is 1. The van der Waals surface area contributed by atoms with Crippen LogP contribution in [0.25, 0.3) is 0 Å². The van der Waals surface area contributed by atoms with E-state index in [2.05, 4.69) is 5.32 Å². The number of carbonyl (C=O) groups is 2. The van der Waals surface area contributed by atoms with Crippen LogP contribution in [-0.2, 0) is 16.0 Å². The molecule has 0 radical (unpaired) electrons. The van der Waals surface area contributed by atoms with Crippen LogP contribution < -0.4 is 5.32 Å². The van der Waals surface area contributed by atoms with Gasteiger partial charge in [-0.15, -0.1) is 0 Å². The molecule has 2 N–H and O–H groups in total. The van der Waals surface area contributed by atoms with Crippen molar-refractivity contribution in [3.8, 4) is 0 Å². The molecular formula is C13H15NO4. The maximum absolute atomic E-state index is 11.9. The van der Waals surface area contributed by atoms with Gasteiger partial charge in [-0.1, -0.05) is 18.2 Å². The summed E-state index contributed by atoms with van der Waals surface area (Å²) >= 11 is 0. The Hall–Kier alpha value is -1.88. The first kappa shape index (κ1) is 12.6. The Morgan fingerprint density at radius 3 is 2.94 bits per heavy atom. The van der Waals surface area contributed by atoms with Gasteiger partial charge in [0, 0.05) is 13.0 Å². The lowest BCUT2D eigenvalue weighted by Crippen LogP contribution is -2.52. The fourth-order valence-corrected chi connectivity index (χ4v) is 2.02. The van der Waals surface area contributed by atoms with Crippen LogP contribution in [0.2, 0.25) is 0 Å². The third kappa shape index (κ3) is 2.22. The molecule has 96 valence electrons. The summed E-state index contributed by atoms with van der Waals surface area (Å²) in [6.07, 6.45) is 0.339. The van der Waals surface area contributed by atoms with Crippen LogP contribution >= 0.6 is 0 Å². The van der Waals surface area contributed by atoms with Crippen LogP contribution in [-0.4, -0.2) is 35.7 Å². The second kappa shape index (κ2) is 4.78. The van der Waals surface area contributed by atoms with E-state index in [4.69, 9.17) is 9.84 Å². The molecule has 1 aliphatic rings. The Bertz CT molecular complexity index is 486. The highest BCUT2D eigenvalue weighted by molar-refractivity contribution is 5.97. The molecule has 0 spiro atoms. The van der Waals surface area contributed by atoms with Gasteiger partial charge in [-0.05, 0) is 18.6 Å². The first-order valence-electron chi connectivity index (χ1n) is 5.77. The highest BCUT2D eigenvalue weighted by Crippen LogP contribution is 2.28. The maximum atomic E-state index is 11.9. The summed E-state index contributed by atoms with van der Waals surface area (Å²) in [5.74, 6) is -0.877. The van der Waals surface area contributed by atoms with Crippen molar-refractivity contribution >= 4 is 11.9 Å². The van der Waals surface area contributed by atoms with Crippen molar-refractivity contribution in [1.82, 2.24) is 5.32 Å². The zero-order chi connectivity index (χ0) is 13.2. The molecule has 0 bridgehead atoms.